The van der Waals surface area contributed by atoms with Gasteiger partial charge in [0.15, 0.2) is 11.3 Å². The average Bonchev–Trinajstić information content (AvgIpc) is 2.86. The Labute approximate surface area is 129 Å². The fourth-order valence-electron chi connectivity index (χ4n) is 2.28. The van der Waals surface area contributed by atoms with Gasteiger partial charge in [0.1, 0.15) is 0 Å². The monoisotopic (exact) mass is 317 g/mol. The van der Waals surface area contributed by atoms with E-state index in [1.165, 1.54) is 0 Å². The molecule has 1 saturated heterocycles. The van der Waals surface area contributed by atoms with Crippen LogP contribution in [0.1, 0.15) is 17.4 Å². The highest BCUT2D eigenvalue weighted by molar-refractivity contribution is 5.98. The van der Waals surface area contributed by atoms with E-state index >= 15 is 0 Å². The minimum Gasteiger partial charge on any atom is -0.332 e. The molecule has 1 fully saturated rings. The van der Waals surface area contributed by atoms with Crippen molar-refractivity contribution in [3.63, 3.8) is 0 Å². The summed E-state index contributed by atoms with van der Waals surface area (Å²) in [6, 6.07) is 0.184. The van der Waals surface area contributed by atoms with E-state index in [0.717, 1.165) is 13.1 Å². The van der Waals surface area contributed by atoms with Crippen molar-refractivity contribution < 1.29 is 4.79 Å². The largest absolute Gasteiger partial charge is 0.332 e. The molecule has 1 amide bonds. The molecule has 0 spiro atoms. The van der Waals surface area contributed by atoms with Crippen molar-refractivity contribution in [2.24, 2.45) is 0 Å². The number of hydrogen-bond donors (Lipinski definition) is 1. The van der Waals surface area contributed by atoms with Crippen LogP contribution >= 0.6 is 24.8 Å². The van der Waals surface area contributed by atoms with E-state index in [2.05, 4.69) is 15.3 Å². The molecular weight excluding hydrogens is 301 g/mol. The Kier molecular flexibility index (Phi) is 5.74. The van der Waals surface area contributed by atoms with Crippen LogP contribution in [0.2, 0.25) is 0 Å². The zero-order valence-electron chi connectivity index (χ0n) is 11.0. The Bertz CT molecular complexity index is 588. The van der Waals surface area contributed by atoms with Crippen molar-refractivity contribution >= 4 is 36.4 Å². The summed E-state index contributed by atoms with van der Waals surface area (Å²) in [7, 11) is 0. The van der Waals surface area contributed by atoms with Gasteiger partial charge in [-0.05, 0) is 6.92 Å². The summed E-state index contributed by atoms with van der Waals surface area (Å²) in [5.41, 5.74) is 1.05. The van der Waals surface area contributed by atoms with Crippen molar-refractivity contribution in [1.29, 1.82) is 0 Å². The Hall–Kier alpha value is -1.37. The third-order valence-corrected chi connectivity index (χ3v) is 3.28. The number of hydrogen-bond acceptors (Lipinski definition) is 4. The van der Waals surface area contributed by atoms with Gasteiger partial charge in [0.25, 0.3) is 5.91 Å². The maximum Gasteiger partial charge on any atom is 0.276 e. The lowest BCUT2D eigenvalue weighted by atomic mass is 10.2. The molecule has 1 aliphatic rings. The summed E-state index contributed by atoms with van der Waals surface area (Å²) in [6.45, 7) is 4.40. The molecule has 6 nitrogen and oxygen atoms in total. The van der Waals surface area contributed by atoms with Gasteiger partial charge < -0.3 is 14.6 Å². The number of piperazine rings is 1. The normalized spacial score (nSPS) is 18.2. The van der Waals surface area contributed by atoms with E-state index in [0.29, 0.717) is 17.9 Å². The van der Waals surface area contributed by atoms with Crippen LogP contribution in [0.5, 0.6) is 0 Å². The molecular formula is C12H17Cl2N5O. The number of amides is 1. The number of carbonyl (C=O) groups is 1. The summed E-state index contributed by atoms with van der Waals surface area (Å²) in [4.78, 5) is 22.7. The molecule has 2 aromatic heterocycles. The number of rotatable bonds is 1. The summed E-state index contributed by atoms with van der Waals surface area (Å²) in [5.74, 6) is -0.0409. The predicted molar refractivity (Wildman–Crippen MR) is 80.9 cm³/mol. The molecule has 3 rings (SSSR count). The van der Waals surface area contributed by atoms with Crippen molar-refractivity contribution in [2.45, 2.75) is 13.0 Å². The lowest BCUT2D eigenvalue weighted by Gasteiger charge is -2.33. The molecule has 0 bridgehead atoms. The number of aromatic nitrogens is 3. The standard InChI is InChI=1S/C12H15N5O.2ClH/c1-9-8-13-2-7-17(9)12(18)10-11-15-4-6-16(11)5-3-14-10;;/h3-6,9,13H,2,7-8H2,1H3;2*1H/t9-;;/m0../s1. The second kappa shape index (κ2) is 6.88. The fourth-order valence-corrected chi connectivity index (χ4v) is 2.28. The van der Waals surface area contributed by atoms with Gasteiger partial charge in [0.2, 0.25) is 0 Å². The van der Waals surface area contributed by atoms with Gasteiger partial charge in [-0.15, -0.1) is 24.8 Å². The van der Waals surface area contributed by atoms with Gasteiger partial charge in [-0.25, -0.2) is 9.97 Å². The zero-order valence-corrected chi connectivity index (χ0v) is 12.7. The lowest BCUT2D eigenvalue weighted by molar-refractivity contribution is 0.0651. The number of fused-ring (bicyclic) bond motifs is 1. The van der Waals surface area contributed by atoms with Gasteiger partial charge in [-0.3, -0.25) is 4.79 Å². The van der Waals surface area contributed by atoms with Crippen LogP contribution in [0.3, 0.4) is 0 Å². The minimum absolute atomic E-state index is 0. The molecule has 0 aromatic carbocycles. The molecule has 1 aliphatic heterocycles. The second-order valence-electron chi connectivity index (χ2n) is 4.49. The minimum atomic E-state index is -0.0409. The predicted octanol–water partition coefficient (Wildman–Crippen LogP) is 1.01. The van der Waals surface area contributed by atoms with Crippen LogP contribution in [0.25, 0.3) is 5.65 Å². The smallest absolute Gasteiger partial charge is 0.276 e. The molecule has 0 aliphatic carbocycles. The Morgan fingerprint density at radius 1 is 1.30 bits per heavy atom. The molecule has 0 saturated carbocycles. The summed E-state index contributed by atoms with van der Waals surface area (Å²) in [5, 5.41) is 3.27. The number of carbonyl (C=O) groups excluding carboxylic acids is 1. The first-order chi connectivity index (χ1) is 8.77. The summed E-state index contributed by atoms with van der Waals surface area (Å²) < 4.78 is 1.81. The zero-order chi connectivity index (χ0) is 12.5. The van der Waals surface area contributed by atoms with Gasteiger partial charge >= 0.3 is 0 Å². The van der Waals surface area contributed by atoms with Crippen molar-refractivity contribution in [2.75, 3.05) is 19.6 Å². The average molecular weight is 318 g/mol. The highest BCUT2D eigenvalue weighted by Crippen LogP contribution is 2.12. The molecule has 2 aromatic rings. The van der Waals surface area contributed by atoms with E-state index in [4.69, 9.17) is 0 Å². The quantitative estimate of drug-likeness (QED) is 0.852. The van der Waals surface area contributed by atoms with Crippen LogP contribution in [0.4, 0.5) is 0 Å². The topological polar surface area (TPSA) is 62.5 Å². The summed E-state index contributed by atoms with van der Waals surface area (Å²) in [6.07, 6.45) is 6.92. The maximum atomic E-state index is 12.5. The van der Waals surface area contributed by atoms with Crippen LogP contribution in [0, 0.1) is 0 Å². The second-order valence-corrected chi connectivity index (χ2v) is 4.49. The van der Waals surface area contributed by atoms with Gasteiger partial charge in [-0.1, -0.05) is 0 Å². The third-order valence-electron chi connectivity index (χ3n) is 3.28. The maximum absolute atomic E-state index is 12.5. The molecule has 8 heteroatoms. The Balaban J connectivity index is 0.000001000. The van der Waals surface area contributed by atoms with Crippen molar-refractivity contribution in [3.05, 3.63) is 30.5 Å². The van der Waals surface area contributed by atoms with Gasteiger partial charge in [0.05, 0.1) is 0 Å². The van der Waals surface area contributed by atoms with E-state index in [1.807, 2.05) is 22.4 Å². The number of halogens is 2. The van der Waals surface area contributed by atoms with E-state index in [9.17, 15) is 4.79 Å². The Morgan fingerprint density at radius 3 is 2.70 bits per heavy atom. The molecule has 1 atom stereocenters. The van der Waals surface area contributed by atoms with Crippen LogP contribution in [-0.2, 0) is 0 Å². The van der Waals surface area contributed by atoms with Crippen molar-refractivity contribution in [3.8, 4) is 0 Å². The first-order valence-corrected chi connectivity index (χ1v) is 6.07. The number of nitrogens with one attached hydrogen (secondary N) is 1. The van der Waals surface area contributed by atoms with Crippen LogP contribution < -0.4 is 5.32 Å². The number of imidazole rings is 1. The molecule has 1 N–H and O–H groups in total. The first kappa shape index (κ1) is 16.7. The SMILES string of the molecule is C[C@H]1CNCCN1C(=O)c1nccn2ccnc12.Cl.Cl. The molecule has 0 radical (unpaired) electrons. The summed E-state index contributed by atoms with van der Waals surface area (Å²) >= 11 is 0. The van der Waals surface area contributed by atoms with E-state index in [-0.39, 0.29) is 36.8 Å². The molecule has 0 unspecified atom stereocenters. The first-order valence-electron chi connectivity index (χ1n) is 6.07. The Morgan fingerprint density at radius 2 is 2.00 bits per heavy atom. The van der Waals surface area contributed by atoms with Gasteiger partial charge in [0, 0.05) is 50.5 Å². The lowest BCUT2D eigenvalue weighted by Crippen LogP contribution is -2.52. The van der Waals surface area contributed by atoms with Crippen LogP contribution in [-0.4, -0.2) is 50.9 Å². The highest BCUT2D eigenvalue weighted by Gasteiger charge is 2.26. The van der Waals surface area contributed by atoms with Crippen LogP contribution in [0.15, 0.2) is 24.8 Å². The fraction of sp³-hybridized carbons (Fsp3) is 0.417. The molecule has 3 heterocycles. The third kappa shape index (κ3) is 2.87. The van der Waals surface area contributed by atoms with E-state index in [1.54, 1.807) is 18.6 Å². The van der Waals surface area contributed by atoms with Gasteiger partial charge in [-0.2, -0.15) is 0 Å². The molecule has 110 valence electrons. The van der Waals surface area contributed by atoms with E-state index < -0.39 is 0 Å². The molecule has 20 heavy (non-hydrogen) atoms. The van der Waals surface area contributed by atoms with Crippen molar-refractivity contribution in [1.82, 2.24) is 24.6 Å². The highest BCUT2D eigenvalue weighted by atomic mass is 35.5. The number of nitrogens with zero attached hydrogens (tertiary/aromatic N) is 4.